The van der Waals surface area contributed by atoms with E-state index in [1.54, 1.807) is 0 Å². The van der Waals surface area contributed by atoms with E-state index in [2.05, 4.69) is 0 Å². The van der Waals surface area contributed by atoms with Crippen LogP contribution in [-0.4, -0.2) is 54.2 Å². The molecule has 0 bridgehead atoms. The van der Waals surface area contributed by atoms with Gasteiger partial charge in [0.25, 0.3) is 0 Å². The van der Waals surface area contributed by atoms with Crippen LogP contribution in [0.3, 0.4) is 0 Å². The number of carbonyl (C=O) groups excluding carboxylic acids is 1. The van der Waals surface area contributed by atoms with Crippen molar-refractivity contribution < 1.29 is 9.53 Å². The van der Waals surface area contributed by atoms with Gasteiger partial charge < -0.3 is 15.4 Å². The molecule has 2 aliphatic heterocycles. The molecule has 5 heteroatoms. The van der Waals surface area contributed by atoms with Crippen LogP contribution in [-0.2, 0) is 9.53 Å². The number of ether oxygens (including phenoxy) is 1. The summed E-state index contributed by atoms with van der Waals surface area (Å²) >= 11 is 1.97. The molecule has 2 aliphatic rings. The van der Waals surface area contributed by atoms with Crippen molar-refractivity contribution in [2.75, 3.05) is 31.3 Å². The Bertz CT molecular complexity index is 231. The number of nitrogens with two attached hydrogens (primary N) is 1. The average molecular weight is 230 g/mol. The number of amides is 1. The molecule has 0 aromatic heterocycles. The topological polar surface area (TPSA) is 55.6 Å². The highest BCUT2D eigenvalue weighted by Gasteiger charge is 2.34. The minimum atomic E-state index is 0.0966. The van der Waals surface area contributed by atoms with E-state index >= 15 is 0 Å². The third-order valence-electron chi connectivity index (χ3n) is 3.07. The van der Waals surface area contributed by atoms with E-state index in [0.717, 1.165) is 24.3 Å². The maximum Gasteiger partial charge on any atom is 0.249 e. The lowest BCUT2D eigenvalue weighted by atomic mass is 10.1. The van der Waals surface area contributed by atoms with Crippen molar-refractivity contribution in [3.05, 3.63) is 0 Å². The zero-order chi connectivity index (χ0) is 10.7. The second-order valence-corrected chi connectivity index (χ2v) is 5.27. The third-order valence-corrected chi connectivity index (χ3v) is 4.12. The lowest BCUT2D eigenvalue weighted by Crippen LogP contribution is -2.57. The lowest BCUT2D eigenvalue weighted by molar-refractivity contribution is -0.151. The third kappa shape index (κ3) is 2.46. The molecule has 0 radical (unpaired) electrons. The number of carbonyl (C=O) groups is 1. The largest absolute Gasteiger partial charge is 0.369 e. The molecule has 1 atom stereocenters. The van der Waals surface area contributed by atoms with Crippen LogP contribution in [0.5, 0.6) is 0 Å². The molecule has 0 saturated carbocycles. The van der Waals surface area contributed by atoms with Crippen LogP contribution in [0.2, 0.25) is 0 Å². The molecule has 0 aliphatic carbocycles. The molecule has 86 valence electrons. The van der Waals surface area contributed by atoms with Crippen molar-refractivity contribution in [1.82, 2.24) is 4.90 Å². The zero-order valence-electron chi connectivity index (χ0n) is 8.85. The van der Waals surface area contributed by atoms with Gasteiger partial charge in [-0.25, -0.2) is 0 Å². The Kier molecular flexibility index (Phi) is 3.88. The highest BCUT2D eigenvalue weighted by atomic mass is 32.2. The number of nitrogens with zero attached hydrogens (tertiary/aromatic N) is 1. The second kappa shape index (κ2) is 5.18. The van der Waals surface area contributed by atoms with E-state index in [9.17, 15) is 4.79 Å². The predicted molar refractivity (Wildman–Crippen MR) is 60.9 cm³/mol. The Morgan fingerprint density at radius 1 is 1.47 bits per heavy atom. The molecule has 0 spiro atoms. The second-order valence-electron chi connectivity index (χ2n) is 4.05. The quantitative estimate of drug-likeness (QED) is 0.729. The Morgan fingerprint density at radius 3 is 2.87 bits per heavy atom. The maximum absolute atomic E-state index is 11.8. The predicted octanol–water partition coefficient (Wildman–Crippen LogP) is 0.0681. The van der Waals surface area contributed by atoms with Crippen LogP contribution >= 0.6 is 11.8 Å². The van der Waals surface area contributed by atoms with Gasteiger partial charge in [0.2, 0.25) is 5.91 Å². The van der Waals surface area contributed by atoms with Crippen molar-refractivity contribution in [3.63, 3.8) is 0 Å². The minimum Gasteiger partial charge on any atom is -0.369 e. The van der Waals surface area contributed by atoms with E-state index in [-0.39, 0.29) is 18.6 Å². The fourth-order valence-corrected chi connectivity index (χ4v) is 3.37. The summed E-state index contributed by atoms with van der Waals surface area (Å²) in [4.78, 5) is 13.8. The molecule has 2 fully saturated rings. The molecule has 1 amide bonds. The summed E-state index contributed by atoms with van der Waals surface area (Å²) in [7, 11) is 0. The molecule has 2 heterocycles. The van der Waals surface area contributed by atoms with Gasteiger partial charge in [-0.3, -0.25) is 4.79 Å². The van der Waals surface area contributed by atoms with E-state index in [4.69, 9.17) is 10.5 Å². The van der Waals surface area contributed by atoms with Gasteiger partial charge in [-0.15, -0.1) is 0 Å². The number of hydrogen-bond donors (Lipinski definition) is 1. The van der Waals surface area contributed by atoms with E-state index < -0.39 is 0 Å². The molecular weight excluding hydrogens is 212 g/mol. The van der Waals surface area contributed by atoms with Gasteiger partial charge in [-0.2, -0.15) is 11.8 Å². The number of thioether (sulfide) groups is 1. The van der Waals surface area contributed by atoms with Crippen molar-refractivity contribution in [1.29, 1.82) is 0 Å². The van der Waals surface area contributed by atoms with Gasteiger partial charge in [0.05, 0.1) is 12.6 Å². The zero-order valence-corrected chi connectivity index (χ0v) is 9.67. The first-order valence-electron chi connectivity index (χ1n) is 5.49. The van der Waals surface area contributed by atoms with Crippen LogP contribution < -0.4 is 5.73 Å². The molecule has 2 N–H and O–H groups in total. The van der Waals surface area contributed by atoms with Gasteiger partial charge in [0.15, 0.2) is 0 Å². The molecule has 0 aromatic rings. The summed E-state index contributed by atoms with van der Waals surface area (Å²) in [5.74, 6) is 2.44. The van der Waals surface area contributed by atoms with Crippen molar-refractivity contribution in [2.45, 2.75) is 24.9 Å². The fourth-order valence-electron chi connectivity index (χ4n) is 2.29. The van der Waals surface area contributed by atoms with Crippen LogP contribution in [0.25, 0.3) is 0 Å². The standard InChI is InChI=1S/C10H18N2O2S/c11-5-9-6-14-7-10(13)12(9)8-1-3-15-4-2-8/h8-9H,1-7,11H2. The highest BCUT2D eigenvalue weighted by molar-refractivity contribution is 7.99. The van der Waals surface area contributed by atoms with Gasteiger partial charge in [0, 0.05) is 12.6 Å². The minimum absolute atomic E-state index is 0.0966. The van der Waals surface area contributed by atoms with Crippen LogP contribution in [0.15, 0.2) is 0 Å². The molecule has 4 nitrogen and oxygen atoms in total. The van der Waals surface area contributed by atoms with Gasteiger partial charge >= 0.3 is 0 Å². The smallest absolute Gasteiger partial charge is 0.249 e. The number of hydrogen-bond acceptors (Lipinski definition) is 4. The molecule has 15 heavy (non-hydrogen) atoms. The Morgan fingerprint density at radius 2 is 2.20 bits per heavy atom. The highest BCUT2D eigenvalue weighted by Crippen LogP contribution is 2.24. The van der Waals surface area contributed by atoms with Gasteiger partial charge in [-0.1, -0.05) is 0 Å². The molecule has 1 unspecified atom stereocenters. The summed E-state index contributed by atoms with van der Waals surface area (Å²) in [6.07, 6.45) is 2.21. The van der Waals surface area contributed by atoms with Crippen LogP contribution in [0.1, 0.15) is 12.8 Å². The van der Waals surface area contributed by atoms with Crippen LogP contribution in [0.4, 0.5) is 0 Å². The Labute approximate surface area is 94.5 Å². The molecule has 2 saturated heterocycles. The van der Waals surface area contributed by atoms with Gasteiger partial charge in [0.1, 0.15) is 6.61 Å². The summed E-state index contributed by atoms with van der Waals surface area (Å²) in [6.45, 7) is 1.35. The average Bonchev–Trinajstić information content (AvgIpc) is 2.29. The van der Waals surface area contributed by atoms with Gasteiger partial charge in [-0.05, 0) is 24.3 Å². The number of morpholine rings is 1. The summed E-state index contributed by atoms with van der Waals surface area (Å²) in [6, 6.07) is 0.496. The van der Waals surface area contributed by atoms with E-state index in [1.165, 1.54) is 0 Å². The van der Waals surface area contributed by atoms with Crippen molar-refractivity contribution in [2.24, 2.45) is 5.73 Å². The fraction of sp³-hybridized carbons (Fsp3) is 0.900. The Balaban J connectivity index is 2.03. The van der Waals surface area contributed by atoms with Crippen LogP contribution in [0, 0.1) is 0 Å². The summed E-state index contributed by atoms with van der Waals surface area (Å²) in [5.41, 5.74) is 5.68. The Hall–Kier alpha value is -0.260. The summed E-state index contributed by atoms with van der Waals surface area (Å²) in [5, 5.41) is 0. The molecule has 0 aromatic carbocycles. The van der Waals surface area contributed by atoms with E-state index in [0.29, 0.717) is 19.2 Å². The normalized spacial score (nSPS) is 29.5. The van der Waals surface area contributed by atoms with Crippen molar-refractivity contribution in [3.8, 4) is 0 Å². The van der Waals surface area contributed by atoms with Crippen molar-refractivity contribution >= 4 is 17.7 Å². The monoisotopic (exact) mass is 230 g/mol. The lowest BCUT2D eigenvalue weighted by Gasteiger charge is -2.42. The van der Waals surface area contributed by atoms with E-state index in [1.807, 2.05) is 16.7 Å². The first-order valence-corrected chi connectivity index (χ1v) is 6.65. The SMILES string of the molecule is NCC1COCC(=O)N1C1CCSCC1. The molecule has 2 rings (SSSR count). The number of rotatable bonds is 2. The maximum atomic E-state index is 11.8. The first-order chi connectivity index (χ1) is 7.33. The summed E-state index contributed by atoms with van der Waals surface area (Å²) < 4.78 is 5.23. The first kappa shape index (κ1) is 11.2. The molecular formula is C10H18N2O2S.